The fourth-order valence-corrected chi connectivity index (χ4v) is 2.07. The standard InChI is InChI=1S/C15H21O9P/c1-10(4-7-16)13(19)22-25(23-14(20)11(2)5-8-17)24-15(21)12(3)6-9-18/h16-18H,1-9H2. The van der Waals surface area contributed by atoms with Crippen LogP contribution in [0.25, 0.3) is 0 Å². The first-order valence-electron chi connectivity index (χ1n) is 7.09. The second-order valence-electron chi connectivity index (χ2n) is 4.59. The molecule has 3 N–H and O–H groups in total. The SMILES string of the molecule is C=C(CCO)C(=O)OP(OC(=O)C(=C)CCO)OC(=O)C(=C)CCO. The van der Waals surface area contributed by atoms with E-state index in [1.165, 1.54) is 0 Å². The van der Waals surface area contributed by atoms with E-state index in [4.69, 9.17) is 28.9 Å². The molecule has 9 nitrogen and oxygen atoms in total. The minimum absolute atomic E-state index is 0.0850. The van der Waals surface area contributed by atoms with Crippen LogP contribution >= 0.6 is 8.60 Å². The molecule has 10 heteroatoms. The Hall–Kier alpha value is -2.06. The van der Waals surface area contributed by atoms with Crippen LogP contribution in [0.5, 0.6) is 0 Å². The first kappa shape index (κ1) is 22.9. The van der Waals surface area contributed by atoms with Crippen LogP contribution in [0, 0.1) is 0 Å². The molecule has 0 aromatic carbocycles. The van der Waals surface area contributed by atoms with E-state index in [1.807, 2.05) is 0 Å². The number of aliphatic hydroxyl groups excluding tert-OH is 3. The molecule has 0 saturated heterocycles. The van der Waals surface area contributed by atoms with Crippen LogP contribution in [0.15, 0.2) is 36.5 Å². The van der Waals surface area contributed by atoms with Crippen LogP contribution < -0.4 is 0 Å². The second kappa shape index (κ2) is 12.3. The summed E-state index contributed by atoms with van der Waals surface area (Å²) in [5, 5.41) is 26.3. The molecule has 0 fully saturated rings. The Balaban J connectivity index is 5.03. The van der Waals surface area contributed by atoms with Gasteiger partial charge < -0.3 is 28.9 Å². The molecule has 0 amide bonds. The van der Waals surface area contributed by atoms with E-state index in [-0.39, 0.29) is 55.8 Å². The Labute approximate surface area is 146 Å². The highest BCUT2D eigenvalue weighted by Crippen LogP contribution is 2.42. The summed E-state index contributed by atoms with van der Waals surface area (Å²) in [5.74, 6) is -3.08. The van der Waals surface area contributed by atoms with E-state index in [1.54, 1.807) is 0 Å². The van der Waals surface area contributed by atoms with Crippen molar-refractivity contribution < 1.29 is 43.3 Å². The van der Waals surface area contributed by atoms with Crippen molar-refractivity contribution in [3.05, 3.63) is 36.5 Å². The first-order chi connectivity index (χ1) is 11.8. The maximum absolute atomic E-state index is 11.8. The zero-order chi connectivity index (χ0) is 19.4. The highest BCUT2D eigenvalue weighted by molar-refractivity contribution is 7.43. The minimum atomic E-state index is -2.78. The van der Waals surface area contributed by atoms with Crippen molar-refractivity contribution in [3.63, 3.8) is 0 Å². The van der Waals surface area contributed by atoms with Crippen molar-refractivity contribution >= 4 is 26.5 Å². The summed E-state index contributed by atoms with van der Waals surface area (Å²) < 4.78 is 14.4. The topological polar surface area (TPSA) is 140 Å². The van der Waals surface area contributed by atoms with Gasteiger partial charge in [0, 0.05) is 55.8 Å². The first-order valence-corrected chi connectivity index (χ1v) is 8.19. The van der Waals surface area contributed by atoms with Gasteiger partial charge in [-0.2, -0.15) is 0 Å². The number of rotatable bonds is 12. The fourth-order valence-electron chi connectivity index (χ4n) is 1.16. The Morgan fingerprint density at radius 3 is 1.08 bits per heavy atom. The van der Waals surface area contributed by atoms with Gasteiger partial charge in [-0.3, -0.25) is 0 Å². The highest BCUT2D eigenvalue weighted by atomic mass is 31.2. The number of carbonyl (C=O) groups is 3. The van der Waals surface area contributed by atoms with Crippen LogP contribution in [0.1, 0.15) is 19.3 Å². The van der Waals surface area contributed by atoms with E-state index in [9.17, 15) is 14.4 Å². The third kappa shape index (κ3) is 9.11. The molecule has 0 unspecified atom stereocenters. The molecule has 0 heterocycles. The predicted molar refractivity (Wildman–Crippen MR) is 87.7 cm³/mol. The molecule has 0 aromatic rings. The Bertz CT molecular complexity index is 465. The van der Waals surface area contributed by atoms with Crippen LogP contribution in [0.2, 0.25) is 0 Å². The van der Waals surface area contributed by atoms with Crippen molar-refractivity contribution in [3.8, 4) is 0 Å². The third-order valence-electron chi connectivity index (χ3n) is 2.58. The molecule has 0 bridgehead atoms. The molecule has 0 aliphatic rings. The van der Waals surface area contributed by atoms with Crippen LogP contribution in [-0.2, 0) is 28.0 Å². The lowest BCUT2D eigenvalue weighted by atomic mass is 10.2. The number of aliphatic hydroxyl groups is 3. The summed E-state index contributed by atoms with van der Waals surface area (Å²) in [6.07, 6.45) is -0.255. The molecular formula is C15H21O9P. The van der Waals surface area contributed by atoms with Gasteiger partial charge >= 0.3 is 26.5 Å². The van der Waals surface area contributed by atoms with E-state index >= 15 is 0 Å². The van der Waals surface area contributed by atoms with Gasteiger partial charge in [-0.1, -0.05) is 19.7 Å². The van der Waals surface area contributed by atoms with Gasteiger partial charge in [0.1, 0.15) is 0 Å². The van der Waals surface area contributed by atoms with Gasteiger partial charge in [-0.15, -0.1) is 0 Å². The highest BCUT2D eigenvalue weighted by Gasteiger charge is 2.30. The molecule has 0 aromatic heterocycles. The quantitative estimate of drug-likeness (QED) is 0.331. The Kier molecular flexibility index (Phi) is 11.3. The zero-order valence-electron chi connectivity index (χ0n) is 13.6. The van der Waals surface area contributed by atoms with Crippen LogP contribution in [-0.4, -0.2) is 53.0 Å². The summed E-state index contributed by atoms with van der Waals surface area (Å²) in [7, 11) is -2.78. The number of hydrogen-bond acceptors (Lipinski definition) is 9. The molecule has 25 heavy (non-hydrogen) atoms. The summed E-state index contributed by atoms with van der Waals surface area (Å²) in [5.41, 5.74) is -0.360. The third-order valence-corrected chi connectivity index (χ3v) is 3.52. The summed E-state index contributed by atoms with van der Waals surface area (Å²) in [4.78, 5) is 35.3. The lowest BCUT2D eigenvalue weighted by molar-refractivity contribution is -0.138. The normalized spacial score (nSPS) is 10.1. The summed E-state index contributed by atoms with van der Waals surface area (Å²) in [6.45, 7) is 9.07. The Morgan fingerprint density at radius 2 is 0.880 bits per heavy atom. The lowest BCUT2D eigenvalue weighted by Gasteiger charge is -2.16. The lowest BCUT2D eigenvalue weighted by Crippen LogP contribution is -2.14. The Morgan fingerprint density at radius 1 is 0.640 bits per heavy atom. The molecule has 0 aliphatic heterocycles. The number of carbonyl (C=O) groups excluding carboxylic acids is 3. The van der Waals surface area contributed by atoms with Crippen molar-refractivity contribution in [1.82, 2.24) is 0 Å². The van der Waals surface area contributed by atoms with E-state index in [2.05, 4.69) is 19.7 Å². The molecule has 0 radical (unpaired) electrons. The van der Waals surface area contributed by atoms with Crippen molar-refractivity contribution in [2.24, 2.45) is 0 Å². The largest absolute Gasteiger partial charge is 0.537 e. The molecular weight excluding hydrogens is 355 g/mol. The van der Waals surface area contributed by atoms with E-state index in [0.29, 0.717) is 0 Å². The van der Waals surface area contributed by atoms with Crippen molar-refractivity contribution in [2.45, 2.75) is 19.3 Å². The van der Waals surface area contributed by atoms with E-state index < -0.39 is 26.5 Å². The van der Waals surface area contributed by atoms with Crippen molar-refractivity contribution in [1.29, 1.82) is 0 Å². The molecule has 0 saturated carbocycles. The van der Waals surface area contributed by atoms with Crippen molar-refractivity contribution in [2.75, 3.05) is 19.8 Å². The fraction of sp³-hybridized carbons (Fsp3) is 0.400. The predicted octanol–water partition coefficient (Wildman–Crippen LogP) is 0.659. The minimum Gasteiger partial charge on any atom is -0.396 e. The molecule has 0 spiro atoms. The van der Waals surface area contributed by atoms with Gasteiger partial charge in [-0.05, 0) is 0 Å². The molecule has 0 rings (SSSR count). The molecule has 0 atom stereocenters. The van der Waals surface area contributed by atoms with Gasteiger partial charge in [0.15, 0.2) is 0 Å². The van der Waals surface area contributed by atoms with Gasteiger partial charge in [0.25, 0.3) is 0 Å². The molecule has 140 valence electrons. The smallest absolute Gasteiger partial charge is 0.396 e. The summed E-state index contributed by atoms with van der Waals surface area (Å²) in [6, 6.07) is 0. The maximum atomic E-state index is 11.8. The summed E-state index contributed by atoms with van der Waals surface area (Å²) >= 11 is 0. The second-order valence-corrected chi connectivity index (χ2v) is 5.59. The van der Waals surface area contributed by atoms with Crippen LogP contribution in [0.3, 0.4) is 0 Å². The van der Waals surface area contributed by atoms with Gasteiger partial charge in [0.2, 0.25) is 0 Å². The average Bonchev–Trinajstić information content (AvgIpc) is 2.55. The zero-order valence-corrected chi connectivity index (χ0v) is 14.5. The van der Waals surface area contributed by atoms with Crippen LogP contribution in [0.4, 0.5) is 0 Å². The van der Waals surface area contributed by atoms with Gasteiger partial charge in [-0.25, -0.2) is 14.4 Å². The number of hydrogen-bond donors (Lipinski definition) is 3. The molecule has 0 aliphatic carbocycles. The van der Waals surface area contributed by atoms with Gasteiger partial charge in [0.05, 0.1) is 0 Å². The van der Waals surface area contributed by atoms with E-state index in [0.717, 1.165) is 0 Å². The average molecular weight is 376 g/mol. The maximum Gasteiger partial charge on any atom is 0.537 e. The monoisotopic (exact) mass is 376 g/mol.